The molecule has 0 saturated carbocycles. The molecule has 0 atom stereocenters. The molecule has 1 aromatic heterocycles. The maximum atomic E-state index is 11.3. The Morgan fingerprint density at radius 1 is 1.53 bits per heavy atom. The van der Waals surface area contributed by atoms with Crippen LogP contribution < -0.4 is 9.60 Å². The van der Waals surface area contributed by atoms with Crippen LogP contribution in [0.25, 0.3) is 0 Å². The summed E-state index contributed by atoms with van der Waals surface area (Å²) in [6.45, 7) is -0.0807. The zero-order valence-electron chi connectivity index (χ0n) is 7.89. The summed E-state index contributed by atoms with van der Waals surface area (Å²) in [5.74, 6) is -0.113. The Labute approximate surface area is 91.0 Å². The molecule has 0 fully saturated rings. The van der Waals surface area contributed by atoms with E-state index in [9.17, 15) is 13.2 Å². The van der Waals surface area contributed by atoms with Crippen molar-refractivity contribution in [1.29, 1.82) is 0 Å². The van der Waals surface area contributed by atoms with Crippen molar-refractivity contribution < 1.29 is 13.5 Å². The summed E-state index contributed by atoms with van der Waals surface area (Å²) in [6.07, 6.45) is 0.204. The van der Waals surface area contributed by atoms with E-state index >= 15 is 0 Å². The molecule has 1 rings (SSSR count). The van der Waals surface area contributed by atoms with Gasteiger partial charge in [-0.2, -0.15) is 0 Å². The highest BCUT2D eigenvalue weighted by molar-refractivity contribution is 7.89. The first-order chi connectivity index (χ1) is 7.03. The molecule has 8 heteroatoms. The van der Waals surface area contributed by atoms with Crippen LogP contribution in [0.1, 0.15) is 12.1 Å². The van der Waals surface area contributed by atoms with Crippen LogP contribution in [0, 0.1) is 0 Å². The lowest BCUT2D eigenvalue weighted by Crippen LogP contribution is -2.26. The third-order valence-electron chi connectivity index (χ3n) is 1.62. The number of nitrogens with one attached hydrogen (secondary N) is 2. The molecule has 86 valence electrons. The first-order valence-corrected chi connectivity index (χ1v) is 6.81. The number of thiazole rings is 1. The second kappa shape index (κ2) is 5.40. The van der Waals surface area contributed by atoms with Crippen molar-refractivity contribution in [3.63, 3.8) is 0 Å². The molecular weight excluding hydrogens is 240 g/mol. The van der Waals surface area contributed by atoms with Crippen LogP contribution in [-0.4, -0.2) is 30.9 Å². The Kier molecular flexibility index (Phi) is 4.45. The summed E-state index contributed by atoms with van der Waals surface area (Å²) in [6, 6.07) is 0. The highest BCUT2D eigenvalue weighted by Gasteiger charge is 2.09. The lowest BCUT2D eigenvalue weighted by molar-refractivity contribution is 0.295. The van der Waals surface area contributed by atoms with Crippen molar-refractivity contribution in [3.05, 3.63) is 20.7 Å². The van der Waals surface area contributed by atoms with Gasteiger partial charge in [-0.05, 0) is 6.42 Å². The number of sulfonamides is 1. The van der Waals surface area contributed by atoms with Gasteiger partial charge < -0.3 is 10.1 Å². The zero-order chi connectivity index (χ0) is 11.3. The summed E-state index contributed by atoms with van der Waals surface area (Å²) in [5.41, 5.74) is 0.539. The molecule has 0 bridgehead atoms. The predicted molar refractivity (Wildman–Crippen MR) is 57.3 cm³/mol. The number of aliphatic hydroxyl groups is 1. The molecule has 0 aromatic carbocycles. The Hall–Kier alpha value is -0.700. The fourth-order valence-electron chi connectivity index (χ4n) is 0.915. The smallest absolute Gasteiger partial charge is 0.304 e. The van der Waals surface area contributed by atoms with Crippen LogP contribution in [0.4, 0.5) is 0 Å². The normalized spacial score (nSPS) is 11.8. The molecule has 1 heterocycles. The van der Waals surface area contributed by atoms with Gasteiger partial charge in [0, 0.05) is 17.7 Å². The minimum atomic E-state index is -3.36. The van der Waals surface area contributed by atoms with Crippen molar-refractivity contribution in [2.75, 3.05) is 12.4 Å². The number of hydrogen-bond donors (Lipinski definition) is 3. The van der Waals surface area contributed by atoms with Crippen LogP contribution in [0.15, 0.2) is 10.2 Å². The number of aliphatic hydroxyl groups excluding tert-OH is 1. The molecule has 15 heavy (non-hydrogen) atoms. The van der Waals surface area contributed by atoms with Gasteiger partial charge in [-0.3, -0.25) is 4.79 Å². The van der Waals surface area contributed by atoms with E-state index in [0.29, 0.717) is 5.69 Å². The van der Waals surface area contributed by atoms with E-state index in [2.05, 4.69) is 9.71 Å². The van der Waals surface area contributed by atoms with E-state index in [1.54, 1.807) is 5.38 Å². The largest absolute Gasteiger partial charge is 0.396 e. The van der Waals surface area contributed by atoms with Crippen molar-refractivity contribution in [2.45, 2.75) is 13.0 Å². The summed E-state index contributed by atoms with van der Waals surface area (Å²) >= 11 is 0.987. The molecular formula is C7H12N2O4S2. The van der Waals surface area contributed by atoms with Gasteiger partial charge in [0.05, 0.1) is 12.3 Å². The number of H-pyrrole nitrogens is 1. The average molecular weight is 252 g/mol. The predicted octanol–water partition coefficient (Wildman–Crippen LogP) is -0.762. The Morgan fingerprint density at radius 2 is 2.27 bits per heavy atom. The minimum Gasteiger partial charge on any atom is -0.396 e. The van der Waals surface area contributed by atoms with E-state index < -0.39 is 10.0 Å². The van der Waals surface area contributed by atoms with E-state index in [1.165, 1.54) is 0 Å². The fraction of sp³-hybridized carbons (Fsp3) is 0.571. The molecule has 0 aliphatic carbocycles. The number of aromatic nitrogens is 1. The third kappa shape index (κ3) is 4.56. The Balaban J connectivity index is 2.46. The third-order valence-corrected chi connectivity index (χ3v) is 3.75. The van der Waals surface area contributed by atoms with Crippen LogP contribution in [0.2, 0.25) is 0 Å². The molecule has 6 nitrogen and oxygen atoms in total. The van der Waals surface area contributed by atoms with E-state index in [1.807, 2.05) is 0 Å². The van der Waals surface area contributed by atoms with Gasteiger partial charge in [0.2, 0.25) is 10.0 Å². The maximum Gasteiger partial charge on any atom is 0.304 e. The highest BCUT2D eigenvalue weighted by atomic mass is 32.2. The number of hydrogen-bond acceptors (Lipinski definition) is 5. The summed E-state index contributed by atoms with van der Waals surface area (Å²) in [7, 11) is -3.36. The number of rotatable bonds is 6. The molecule has 0 spiro atoms. The van der Waals surface area contributed by atoms with Crippen molar-refractivity contribution in [1.82, 2.24) is 9.71 Å². The molecule has 0 saturated heterocycles. The van der Waals surface area contributed by atoms with Crippen LogP contribution in [0.3, 0.4) is 0 Å². The highest BCUT2D eigenvalue weighted by Crippen LogP contribution is 1.97. The maximum absolute atomic E-state index is 11.3. The average Bonchev–Trinajstić information content (AvgIpc) is 2.59. The topological polar surface area (TPSA) is 99.3 Å². The van der Waals surface area contributed by atoms with Crippen molar-refractivity contribution in [3.8, 4) is 0 Å². The molecule has 0 aliphatic heterocycles. The molecule has 0 unspecified atom stereocenters. The molecule has 3 N–H and O–H groups in total. The van der Waals surface area contributed by atoms with Gasteiger partial charge in [-0.25, -0.2) is 13.1 Å². The van der Waals surface area contributed by atoms with Crippen molar-refractivity contribution >= 4 is 21.4 Å². The lowest BCUT2D eigenvalue weighted by atomic mass is 10.5. The first-order valence-electron chi connectivity index (χ1n) is 4.28. The van der Waals surface area contributed by atoms with E-state index in [0.717, 1.165) is 11.3 Å². The van der Waals surface area contributed by atoms with Gasteiger partial charge >= 0.3 is 4.87 Å². The van der Waals surface area contributed by atoms with Gasteiger partial charge in [-0.15, -0.1) is 0 Å². The SMILES string of the molecule is O=c1[nH]c(CNS(=O)(=O)CCCO)cs1. The molecule has 0 amide bonds. The quantitative estimate of drug-likeness (QED) is 0.619. The Bertz CT molecular complexity index is 448. The second-order valence-electron chi connectivity index (χ2n) is 2.89. The lowest BCUT2D eigenvalue weighted by Gasteiger charge is -2.03. The zero-order valence-corrected chi connectivity index (χ0v) is 9.53. The minimum absolute atomic E-state index is 0.0759. The summed E-state index contributed by atoms with van der Waals surface area (Å²) < 4.78 is 24.8. The fourth-order valence-corrected chi connectivity index (χ4v) is 2.53. The van der Waals surface area contributed by atoms with Gasteiger partial charge in [0.1, 0.15) is 0 Å². The van der Waals surface area contributed by atoms with E-state index in [-0.39, 0.29) is 30.2 Å². The molecule has 0 aliphatic rings. The first kappa shape index (κ1) is 12.4. The summed E-state index contributed by atoms with van der Waals surface area (Å²) in [4.78, 5) is 13.0. The van der Waals surface area contributed by atoms with Crippen molar-refractivity contribution in [2.24, 2.45) is 0 Å². The summed E-state index contributed by atoms with van der Waals surface area (Å²) in [5, 5.41) is 10.0. The molecule has 0 radical (unpaired) electrons. The van der Waals surface area contributed by atoms with E-state index in [4.69, 9.17) is 5.11 Å². The molecule has 1 aromatic rings. The van der Waals surface area contributed by atoms with Gasteiger partial charge in [0.15, 0.2) is 0 Å². The standard InChI is InChI=1S/C7H12N2O4S2/c10-2-1-3-15(12,13)8-4-6-5-14-7(11)9-6/h5,8,10H,1-4H2,(H,9,11). The van der Waals surface area contributed by atoms with Gasteiger partial charge in [0.25, 0.3) is 0 Å². The van der Waals surface area contributed by atoms with Crippen LogP contribution >= 0.6 is 11.3 Å². The van der Waals surface area contributed by atoms with Crippen LogP contribution in [-0.2, 0) is 16.6 Å². The number of aromatic amines is 1. The monoisotopic (exact) mass is 252 g/mol. The Morgan fingerprint density at radius 3 is 2.80 bits per heavy atom. The van der Waals surface area contributed by atoms with Gasteiger partial charge in [-0.1, -0.05) is 11.3 Å². The second-order valence-corrected chi connectivity index (χ2v) is 5.66. The van der Waals surface area contributed by atoms with Crippen LogP contribution in [0.5, 0.6) is 0 Å².